The summed E-state index contributed by atoms with van der Waals surface area (Å²) in [6.45, 7) is 1.50. The van der Waals surface area contributed by atoms with Gasteiger partial charge in [0.1, 0.15) is 17.1 Å². The van der Waals surface area contributed by atoms with Crippen LogP contribution in [-0.2, 0) is 9.47 Å². The van der Waals surface area contributed by atoms with Gasteiger partial charge >= 0.3 is 5.97 Å². The van der Waals surface area contributed by atoms with Crippen molar-refractivity contribution in [3.05, 3.63) is 58.2 Å². The van der Waals surface area contributed by atoms with E-state index in [9.17, 15) is 29.7 Å². The SMILES string of the molecule is COC(=O)c1nc(-c2ccc3c(n2)C(=O)C(N)=C(OC)C3=O)c(N)c(-c2ccc(O)c(O)c2O)c1C. The first-order valence-electron chi connectivity index (χ1n) is 10.3. The number of nitrogen functional groups attached to an aromatic ring is 1. The van der Waals surface area contributed by atoms with Crippen molar-refractivity contribution >= 4 is 23.2 Å². The molecule has 7 N–H and O–H groups in total. The molecule has 1 aliphatic carbocycles. The molecule has 0 fully saturated rings. The highest BCUT2D eigenvalue weighted by Crippen LogP contribution is 2.47. The molecule has 0 unspecified atom stereocenters. The smallest absolute Gasteiger partial charge is 0.356 e. The number of esters is 1. The number of methoxy groups -OCH3 is 2. The van der Waals surface area contributed by atoms with Crippen molar-refractivity contribution in [2.75, 3.05) is 20.0 Å². The molecule has 0 radical (unpaired) electrons. The maximum Gasteiger partial charge on any atom is 0.356 e. The highest BCUT2D eigenvalue weighted by atomic mass is 16.5. The summed E-state index contributed by atoms with van der Waals surface area (Å²) in [5, 5.41) is 30.3. The van der Waals surface area contributed by atoms with Gasteiger partial charge in [-0.2, -0.15) is 0 Å². The number of carbonyl (C=O) groups excluding carboxylic acids is 3. The van der Waals surface area contributed by atoms with E-state index in [0.717, 1.165) is 13.2 Å². The molecule has 0 atom stereocenters. The van der Waals surface area contributed by atoms with Gasteiger partial charge in [0.25, 0.3) is 0 Å². The van der Waals surface area contributed by atoms with Crippen LogP contribution >= 0.6 is 0 Å². The number of benzene rings is 1. The molecule has 36 heavy (non-hydrogen) atoms. The molecule has 1 aliphatic rings. The van der Waals surface area contributed by atoms with Crippen molar-refractivity contribution in [3.8, 4) is 39.8 Å². The number of phenolic OH excluding ortho intramolecular Hbond substituents is 3. The topological polar surface area (TPSA) is 208 Å². The summed E-state index contributed by atoms with van der Waals surface area (Å²) in [6, 6.07) is 5.11. The van der Waals surface area contributed by atoms with E-state index in [1.807, 2.05) is 0 Å². The van der Waals surface area contributed by atoms with E-state index >= 15 is 0 Å². The predicted molar refractivity (Wildman–Crippen MR) is 125 cm³/mol. The third-order valence-corrected chi connectivity index (χ3v) is 5.75. The Balaban J connectivity index is 2.02. The largest absolute Gasteiger partial charge is 0.504 e. The van der Waals surface area contributed by atoms with Crippen molar-refractivity contribution in [2.45, 2.75) is 6.92 Å². The van der Waals surface area contributed by atoms with Crippen molar-refractivity contribution in [1.29, 1.82) is 0 Å². The van der Waals surface area contributed by atoms with Crippen molar-refractivity contribution in [2.24, 2.45) is 5.73 Å². The zero-order chi connectivity index (χ0) is 26.5. The number of ketones is 2. The Labute approximate surface area is 203 Å². The molecule has 2 aromatic heterocycles. The summed E-state index contributed by atoms with van der Waals surface area (Å²) >= 11 is 0. The van der Waals surface area contributed by atoms with Crippen LogP contribution in [0, 0.1) is 6.92 Å². The number of aromatic hydroxyl groups is 3. The van der Waals surface area contributed by atoms with Crippen LogP contribution in [0.5, 0.6) is 17.2 Å². The van der Waals surface area contributed by atoms with Crippen molar-refractivity contribution in [3.63, 3.8) is 0 Å². The third-order valence-electron chi connectivity index (χ3n) is 5.75. The number of nitrogens with two attached hydrogens (primary N) is 2. The standard InChI is InChI=1S/C24H20N4O8/c1-8-13(9-5-7-12(29)21(32)19(9)30)14(25)18(28-16(8)24(34)36-3)11-6-4-10-17(27-11)22(33)15(26)23(35-2)20(10)31/h4-7,29-30,32H,25-26H2,1-3H3. The molecule has 184 valence electrons. The van der Waals surface area contributed by atoms with Crippen molar-refractivity contribution in [1.82, 2.24) is 9.97 Å². The van der Waals surface area contributed by atoms with Crippen LogP contribution in [0.25, 0.3) is 22.5 Å². The Morgan fingerprint density at radius 1 is 0.889 bits per heavy atom. The first kappa shape index (κ1) is 24.0. The Kier molecular flexibility index (Phi) is 5.72. The number of rotatable bonds is 4. The van der Waals surface area contributed by atoms with Gasteiger partial charge in [-0.05, 0) is 36.8 Å². The maximum absolute atomic E-state index is 12.8. The fraction of sp³-hybridized carbons (Fsp3) is 0.125. The number of Topliss-reactive ketones (excluding diaryl/α,β-unsaturated/α-hetero) is 2. The summed E-state index contributed by atoms with van der Waals surface area (Å²) in [5.41, 5.74) is 11.4. The number of allylic oxidation sites excluding steroid dienone is 2. The van der Waals surface area contributed by atoms with Gasteiger partial charge in [0.15, 0.2) is 23.0 Å². The Bertz CT molecular complexity index is 1530. The molecular formula is C24H20N4O8. The minimum Gasteiger partial charge on any atom is -0.504 e. The number of phenols is 3. The molecule has 0 saturated carbocycles. The highest BCUT2D eigenvalue weighted by Gasteiger charge is 2.34. The molecule has 0 bridgehead atoms. The van der Waals surface area contributed by atoms with Gasteiger partial charge in [0.05, 0.1) is 31.2 Å². The summed E-state index contributed by atoms with van der Waals surface area (Å²) in [5.74, 6) is -4.57. The summed E-state index contributed by atoms with van der Waals surface area (Å²) in [4.78, 5) is 46.5. The number of anilines is 1. The molecular weight excluding hydrogens is 472 g/mol. The van der Waals surface area contributed by atoms with Gasteiger partial charge in [-0.15, -0.1) is 0 Å². The van der Waals surface area contributed by atoms with Crippen molar-refractivity contribution < 1.29 is 39.2 Å². The lowest BCUT2D eigenvalue weighted by Gasteiger charge is -2.20. The molecule has 2 heterocycles. The summed E-state index contributed by atoms with van der Waals surface area (Å²) < 4.78 is 9.77. The van der Waals surface area contributed by atoms with Gasteiger partial charge in [0, 0.05) is 11.1 Å². The molecule has 0 saturated heterocycles. The second-order valence-electron chi connectivity index (χ2n) is 7.74. The van der Waals surface area contributed by atoms with Crippen LogP contribution < -0.4 is 11.5 Å². The molecule has 12 heteroatoms. The van der Waals surface area contributed by atoms with Crippen LogP contribution in [0.15, 0.2) is 35.7 Å². The highest BCUT2D eigenvalue weighted by molar-refractivity contribution is 6.25. The number of nitrogens with zero attached hydrogens (tertiary/aromatic N) is 2. The lowest BCUT2D eigenvalue weighted by Crippen LogP contribution is -2.28. The van der Waals surface area contributed by atoms with Gasteiger partial charge in [0.2, 0.25) is 17.3 Å². The molecule has 3 aromatic rings. The van der Waals surface area contributed by atoms with Crippen LogP contribution in [0.4, 0.5) is 5.69 Å². The number of carbonyl (C=O) groups is 3. The van der Waals surface area contributed by atoms with Gasteiger partial charge in [-0.25, -0.2) is 14.8 Å². The molecule has 0 aliphatic heterocycles. The number of hydrogen-bond acceptors (Lipinski definition) is 12. The predicted octanol–water partition coefficient (Wildman–Crippen LogP) is 1.80. The second kappa shape index (κ2) is 8.58. The maximum atomic E-state index is 12.8. The van der Waals surface area contributed by atoms with Crippen LogP contribution in [0.1, 0.15) is 36.9 Å². The number of aromatic nitrogens is 2. The lowest BCUT2D eigenvalue weighted by atomic mass is 9.93. The van der Waals surface area contributed by atoms with Gasteiger partial charge in [-0.3, -0.25) is 9.59 Å². The van der Waals surface area contributed by atoms with E-state index in [-0.39, 0.29) is 56.5 Å². The zero-order valence-corrected chi connectivity index (χ0v) is 19.2. The molecule has 1 aromatic carbocycles. The van der Waals surface area contributed by atoms with E-state index in [2.05, 4.69) is 9.97 Å². The average molecular weight is 492 g/mol. The number of ether oxygens (including phenoxy) is 2. The van der Waals surface area contributed by atoms with E-state index in [4.69, 9.17) is 20.9 Å². The Morgan fingerprint density at radius 2 is 1.56 bits per heavy atom. The third kappa shape index (κ3) is 3.43. The van der Waals surface area contributed by atoms with Crippen LogP contribution in [0.2, 0.25) is 0 Å². The van der Waals surface area contributed by atoms with E-state index < -0.39 is 40.5 Å². The van der Waals surface area contributed by atoms with E-state index in [1.165, 1.54) is 32.2 Å². The normalized spacial score (nSPS) is 13.0. The number of fused-ring (bicyclic) bond motifs is 1. The quantitative estimate of drug-likeness (QED) is 0.261. The Morgan fingerprint density at radius 3 is 2.19 bits per heavy atom. The minimum atomic E-state index is -0.835. The first-order chi connectivity index (χ1) is 17.0. The monoisotopic (exact) mass is 492 g/mol. The minimum absolute atomic E-state index is 0.00922. The van der Waals surface area contributed by atoms with Crippen LogP contribution in [0.3, 0.4) is 0 Å². The fourth-order valence-corrected chi connectivity index (χ4v) is 3.93. The number of pyridine rings is 2. The average Bonchev–Trinajstić information content (AvgIpc) is 2.87. The molecule has 12 nitrogen and oxygen atoms in total. The zero-order valence-electron chi connectivity index (χ0n) is 19.2. The lowest BCUT2D eigenvalue weighted by molar-refractivity contribution is 0.0593. The molecule has 4 rings (SSSR count). The van der Waals surface area contributed by atoms with Gasteiger partial charge < -0.3 is 36.3 Å². The number of hydrogen-bond donors (Lipinski definition) is 5. The Hall–Kier alpha value is -5.13. The first-order valence-corrected chi connectivity index (χ1v) is 10.3. The van der Waals surface area contributed by atoms with E-state index in [1.54, 1.807) is 0 Å². The van der Waals surface area contributed by atoms with Crippen LogP contribution in [-0.4, -0.2) is 57.0 Å². The molecule has 0 spiro atoms. The summed E-state index contributed by atoms with van der Waals surface area (Å²) in [6.07, 6.45) is 0. The van der Waals surface area contributed by atoms with Gasteiger partial charge in [-0.1, -0.05) is 0 Å². The fourth-order valence-electron chi connectivity index (χ4n) is 3.93. The second-order valence-corrected chi connectivity index (χ2v) is 7.74. The summed E-state index contributed by atoms with van der Waals surface area (Å²) in [7, 11) is 2.36. The van der Waals surface area contributed by atoms with E-state index in [0.29, 0.717) is 0 Å². The molecule has 0 amide bonds.